The number of allylic oxidation sites excluding steroid dienone is 1. The number of carbonyl (C=O) groups excluding carboxylic acids is 4. The summed E-state index contributed by atoms with van der Waals surface area (Å²) in [5.41, 5.74) is -1.87. The van der Waals surface area contributed by atoms with Crippen LogP contribution in [0, 0.1) is 5.92 Å². The molecule has 4 amide bonds. The Balaban J connectivity index is 1.54. The van der Waals surface area contributed by atoms with Gasteiger partial charge in [-0.2, -0.15) is 0 Å². The zero-order valence-corrected chi connectivity index (χ0v) is 26.4. The van der Waals surface area contributed by atoms with Crippen molar-refractivity contribution < 1.29 is 32.3 Å². The molecule has 2 fully saturated rings. The van der Waals surface area contributed by atoms with Gasteiger partial charge in [0.15, 0.2) is 0 Å². The van der Waals surface area contributed by atoms with Crippen LogP contribution in [0.15, 0.2) is 36.4 Å². The van der Waals surface area contributed by atoms with Gasteiger partial charge in [-0.15, -0.1) is 0 Å². The number of rotatable bonds is 5. The van der Waals surface area contributed by atoms with Gasteiger partial charge in [0.25, 0.3) is 5.91 Å². The summed E-state index contributed by atoms with van der Waals surface area (Å²) in [6.07, 6.45) is 7.67. The van der Waals surface area contributed by atoms with E-state index in [-0.39, 0.29) is 17.4 Å². The summed E-state index contributed by atoms with van der Waals surface area (Å²) in [4.78, 5) is 54.9. The molecule has 1 aromatic rings. The lowest BCUT2D eigenvalue weighted by atomic mass is 10.0. The van der Waals surface area contributed by atoms with Gasteiger partial charge in [-0.25, -0.2) is 13.2 Å². The molecule has 1 aliphatic carbocycles. The van der Waals surface area contributed by atoms with Crippen molar-refractivity contribution >= 4 is 45.4 Å². The van der Waals surface area contributed by atoms with Crippen molar-refractivity contribution in [2.75, 3.05) is 6.54 Å². The number of nitrogens with one attached hydrogen (secondary N) is 3. The third-order valence-corrected chi connectivity index (χ3v) is 9.43. The van der Waals surface area contributed by atoms with E-state index in [4.69, 9.17) is 16.3 Å². The van der Waals surface area contributed by atoms with Crippen LogP contribution in [0.25, 0.3) is 0 Å². The Morgan fingerprint density at radius 2 is 1.86 bits per heavy atom. The molecule has 2 aliphatic heterocycles. The van der Waals surface area contributed by atoms with Crippen molar-refractivity contribution in [1.29, 1.82) is 0 Å². The maximum absolute atomic E-state index is 13.7. The van der Waals surface area contributed by atoms with E-state index in [1.807, 2.05) is 12.2 Å². The van der Waals surface area contributed by atoms with Gasteiger partial charge >= 0.3 is 6.09 Å². The molecule has 0 unspecified atom stereocenters. The Morgan fingerprint density at radius 3 is 2.58 bits per heavy atom. The second-order valence-electron chi connectivity index (χ2n) is 12.5. The number of hydrogen-bond donors (Lipinski definition) is 3. The largest absolute Gasteiger partial charge is 0.444 e. The molecule has 2 heterocycles. The number of halogens is 1. The molecule has 236 valence electrons. The lowest BCUT2D eigenvalue weighted by molar-refractivity contribution is -0.141. The van der Waals surface area contributed by atoms with Gasteiger partial charge in [0.05, 0.1) is 5.75 Å². The van der Waals surface area contributed by atoms with E-state index in [0.717, 1.165) is 12.8 Å². The Kier molecular flexibility index (Phi) is 10.1. The molecule has 13 heteroatoms. The van der Waals surface area contributed by atoms with Gasteiger partial charge in [-0.3, -0.25) is 19.1 Å². The molecule has 4 atom stereocenters. The fraction of sp³-hybridized carbons (Fsp3) is 0.600. The Morgan fingerprint density at radius 1 is 1.12 bits per heavy atom. The summed E-state index contributed by atoms with van der Waals surface area (Å²) < 4.78 is 33.5. The van der Waals surface area contributed by atoms with E-state index in [9.17, 15) is 27.6 Å². The predicted octanol–water partition coefficient (Wildman–Crippen LogP) is 3.57. The zero-order chi connectivity index (χ0) is 31.4. The van der Waals surface area contributed by atoms with Gasteiger partial charge in [-0.1, -0.05) is 54.8 Å². The summed E-state index contributed by atoms with van der Waals surface area (Å²) >= 11 is 6.13. The molecule has 0 spiro atoms. The lowest BCUT2D eigenvalue weighted by Crippen LogP contribution is -2.58. The van der Waals surface area contributed by atoms with Gasteiger partial charge in [0, 0.05) is 17.5 Å². The zero-order valence-electron chi connectivity index (χ0n) is 24.9. The quantitative estimate of drug-likeness (QED) is 0.418. The molecule has 4 rings (SSSR count). The van der Waals surface area contributed by atoms with E-state index in [2.05, 4.69) is 15.4 Å². The fourth-order valence-corrected chi connectivity index (χ4v) is 7.11. The number of ether oxygens (including phenoxy) is 1. The van der Waals surface area contributed by atoms with Crippen molar-refractivity contribution in [3.63, 3.8) is 0 Å². The highest BCUT2D eigenvalue weighted by Crippen LogP contribution is 2.45. The summed E-state index contributed by atoms with van der Waals surface area (Å²) in [7, 11) is -4.13. The first-order valence-corrected chi connectivity index (χ1v) is 16.8. The molecule has 3 aliphatic rings. The first kappa shape index (κ1) is 32.8. The van der Waals surface area contributed by atoms with E-state index < -0.39 is 62.8 Å². The van der Waals surface area contributed by atoms with Crippen molar-refractivity contribution in [1.82, 2.24) is 20.3 Å². The highest BCUT2D eigenvalue weighted by molar-refractivity contribution is 7.89. The number of alkyl carbamates (subject to hydrolysis) is 1. The van der Waals surface area contributed by atoms with Crippen LogP contribution in [-0.2, 0) is 34.9 Å². The molecule has 11 nitrogen and oxygen atoms in total. The average Bonchev–Trinajstić information content (AvgIpc) is 3.36. The minimum Gasteiger partial charge on any atom is -0.444 e. The first-order chi connectivity index (χ1) is 20.2. The first-order valence-electron chi connectivity index (χ1n) is 14.8. The number of carbonyl (C=O) groups is 4. The minimum absolute atomic E-state index is 0.228. The van der Waals surface area contributed by atoms with Crippen LogP contribution in [-0.4, -0.2) is 66.9 Å². The highest BCUT2D eigenvalue weighted by Gasteiger charge is 2.61. The molecule has 43 heavy (non-hydrogen) atoms. The Bertz CT molecular complexity index is 1380. The van der Waals surface area contributed by atoms with Crippen LogP contribution in [0.4, 0.5) is 4.79 Å². The fourth-order valence-electron chi connectivity index (χ4n) is 5.63. The van der Waals surface area contributed by atoms with E-state index in [1.54, 1.807) is 45.0 Å². The standard InChI is InChI=1S/C30H41ClN4O7S/c1-29(2,3)42-28(39)32-23-15-8-6-4-5-7-13-21-18-30(21,33-25(36)24-16-11-17-35(24)26(23)37)27(38)34-43(40,41)19-20-12-9-10-14-22(20)31/h7,9-10,12-14,21,23-24H,4-6,8,11,15-19H2,1-3H3,(H,32,39)(H,33,36)(H,34,38)/b13-7-/t21-,23+,24+,30-/m1/s1. The minimum atomic E-state index is -4.13. The second-order valence-corrected chi connectivity index (χ2v) is 14.6. The highest BCUT2D eigenvalue weighted by atomic mass is 35.5. The normalized spacial score (nSPS) is 27.4. The predicted molar refractivity (Wildman–Crippen MR) is 161 cm³/mol. The second kappa shape index (κ2) is 13.3. The van der Waals surface area contributed by atoms with Crippen LogP contribution < -0.4 is 15.4 Å². The molecule has 1 aromatic carbocycles. The lowest BCUT2D eigenvalue weighted by Gasteiger charge is -2.30. The van der Waals surface area contributed by atoms with Crippen LogP contribution >= 0.6 is 11.6 Å². The number of nitrogens with zero attached hydrogens (tertiary/aromatic N) is 1. The number of amides is 4. The van der Waals surface area contributed by atoms with Gasteiger partial charge in [0.1, 0.15) is 23.2 Å². The maximum atomic E-state index is 13.7. The summed E-state index contributed by atoms with van der Waals surface area (Å²) in [6, 6.07) is 4.73. The average molecular weight is 637 g/mol. The SMILES string of the molecule is CC(C)(C)OC(=O)N[C@H]1CCCCC/C=C\[C@@H]2C[C@@]2(C(=O)NS(=O)(=O)Cc2ccccc2Cl)NC(=O)[C@@H]2CCCN2C1=O. The molecular formula is C30H41ClN4O7S. The molecule has 3 N–H and O–H groups in total. The van der Waals surface area contributed by atoms with Crippen LogP contribution in [0.2, 0.25) is 5.02 Å². The summed E-state index contributed by atoms with van der Waals surface area (Å²) in [5.74, 6) is -2.65. The third kappa shape index (κ3) is 8.50. The van der Waals surface area contributed by atoms with Crippen molar-refractivity contribution in [3.05, 3.63) is 47.0 Å². The van der Waals surface area contributed by atoms with Crippen LogP contribution in [0.1, 0.15) is 77.7 Å². The number of sulfonamides is 1. The van der Waals surface area contributed by atoms with E-state index in [1.165, 1.54) is 4.90 Å². The summed E-state index contributed by atoms with van der Waals surface area (Å²) in [6.45, 7) is 5.52. The summed E-state index contributed by atoms with van der Waals surface area (Å²) in [5, 5.41) is 5.78. The number of benzene rings is 1. The molecule has 0 aromatic heterocycles. The Labute approximate surface area is 258 Å². The van der Waals surface area contributed by atoms with E-state index in [0.29, 0.717) is 44.2 Å². The van der Waals surface area contributed by atoms with Gasteiger partial charge in [-0.05, 0) is 70.9 Å². The monoisotopic (exact) mass is 636 g/mol. The maximum Gasteiger partial charge on any atom is 0.408 e. The molecule has 1 saturated heterocycles. The molecule has 0 bridgehead atoms. The molecule has 0 radical (unpaired) electrons. The van der Waals surface area contributed by atoms with Crippen LogP contribution in [0.5, 0.6) is 0 Å². The topological polar surface area (TPSA) is 151 Å². The number of fused-ring (bicyclic) bond motifs is 2. The van der Waals surface area contributed by atoms with Gasteiger partial charge < -0.3 is 20.3 Å². The van der Waals surface area contributed by atoms with Crippen LogP contribution in [0.3, 0.4) is 0 Å². The molecular weight excluding hydrogens is 596 g/mol. The molecule has 1 saturated carbocycles. The van der Waals surface area contributed by atoms with Crippen molar-refractivity contribution in [2.24, 2.45) is 5.92 Å². The smallest absolute Gasteiger partial charge is 0.408 e. The van der Waals surface area contributed by atoms with E-state index >= 15 is 0 Å². The number of hydrogen-bond acceptors (Lipinski definition) is 7. The Hall–Kier alpha value is -3.12. The van der Waals surface area contributed by atoms with Crippen molar-refractivity contribution in [2.45, 2.75) is 101 Å². The third-order valence-electron chi connectivity index (χ3n) is 7.88. The van der Waals surface area contributed by atoms with Gasteiger partial charge in [0.2, 0.25) is 21.8 Å². The van der Waals surface area contributed by atoms with Crippen molar-refractivity contribution in [3.8, 4) is 0 Å².